The molecule has 1 aromatic heterocycles. The lowest BCUT2D eigenvalue weighted by Gasteiger charge is -2.08. The lowest BCUT2D eigenvalue weighted by atomic mass is 10.1. The van der Waals surface area contributed by atoms with E-state index in [-0.39, 0.29) is 5.91 Å². The van der Waals surface area contributed by atoms with Crippen LogP contribution >= 0.6 is 22.9 Å². The third-order valence-electron chi connectivity index (χ3n) is 3.84. The summed E-state index contributed by atoms with van der Waals surface area (Å²) < 4.78 is 10.6. The Hall–Kier alpha value is -2.57. The van der Waals surface area contributed by atoms with Crippen molar-refractivity contribution in [3.8, 4) is 22.8 Å². The molecule has 1 N–H and O–H groups in total. The molecule has 0 spiro atoms. The van der Waals surface area contributed by atoms with E-state index in [1.807, 2.05) is 36.6 Å². The summed E-state index contributed by atoms with van der Waals surface area (Å²) in [5.41, 5.74) is 3.03. The van der Waals surface area contributed by atoms with E-state index in [1.165, 1.54) is 11.3 Å². The molecule has 0 aliphatic heterocycles. The smallest absolute Gasteiger partial charge is 0.257 e. The van der Waals surface area contributed by atoms with Crippen LogP contribution in [0.3, 0.4) is 0 Å². The van der Waals surface area contributed by atoms with Gasteiger partial charge in [-0.15, -0.1) is 11.3 Å². The van der Waals surface area contributed by atoms with E-state index in [0.29, 0.717) is 27.2 Å². The molecule has 7 heteroatoms. The maximum Gasteiger partial charge on any atom is 0.257 e. The quantitative estimate of drug-likeness (QED) is 0.665. The molecular weight excluding hydrogens is 372 g/mol. The number of methoxy groups -OCH3 is 2. The Morgan fingerprint density at radius 3 is 2.58 bits per heavy atom. The van der Waals surface area contributed by atoms with E-state index in [4.69, 9.17) is 21.1 Å². The molecule has 1 amide bonds. The summed E-state index contributed by atoms with van der Waals surface area (Å²) in [6, 6.07) is 10.8. The zero-order chi connectivity index (χ0) is 18.7. The van der Waals surface area contributed by atoms with Crippen molar-refractivity contribution in [1.29, 1.82) is 0 Å². The zero-order valence-corrected chi connectivity index (χ0v) is 16.1. The van der Waals surface area contributed by atoms with Gasteiger partial charge in [0, 0.05) is 21.5 Å². The predicted molar refractivity (Wildman–Crippen MR) is 105 cm³/mol. The van der Waals surface area contributed by atoms with E-state index < -0.39 is 0 Å². The monoisotopic (exact) mass is 388 g/mol. The first kappa shape index (κ1) is 18.2. The number of aryl methyl sites for hydroxylation is 1. The molecule has 0 unspecified atom stereocenters. The minimum absolute atomic E-state index is 0.250. The Morgan fingerprint density at radius 2 is 1.88 bits per heavy atom. The Kier molecular flexibility index (Phi) is 5.44. The molecule has 134 valence electrons. The molecule has 5 nitrogen and oxygen atoms in total. The summed E-state index contributed by atoms with van der Waals surface area (Å²) in [5, 5.41) is 5.74. The number of hydrogen-bond acceptors (Lipinski definition) is 5. The second kappa shape index (κ2) is 7.76. The molecule has 0 saturated heterocycles. The number of thiazole rings is 1. The number of carbonyl (C=O) groups is 1. The van der Waals surface area contributed by atoms with Crippen LogP contribution in [-0.4, -0.2) is 25.1 Å². The highest BCUT2D eigenvalue weighted by molar-refractivity contribution is 7.14. The van der Waals surface area contributed by atoms with Crippen LogP contribution in [-0.2, 0) is 0 Å². The Balaban J connectivity index is 1.79. The van der Waals surface area contributed by atoms with Crippen molar-refractivity contribution in [2.45, 2.75) is 6.92 Å². The van der Waals surface area contributed by atoms with Crippen LogP contribution in [0.2, 0.25) is 5.02 Å². The van der Waals surface area contributed by atoms with Crippen molar-refractivity contribution in [3.05, 3.63) is 57.9 Å². The molecule has 26 heavy (non-hydrogen) atoms. The third kappa shape index (κ3) is 3.81. The van der Waals surface area contributed by atoms with Crippen molar-refractivity contribution in [1.82, 2.24) is 4.98 Å². The molecule has 0 aliphatic rings. The fourth-order valence-electron chi connectivity index (χ4n) is 2.36. The van der Waals surface area contributed by atoms with E-state index >= 15 is 0 Å². The van der Waals surface area contributed by atoms with Crippen LogP contribution in [0.1, 0.15) is 15.9 Å². The lowest BCUT2D eigenvalue weighted by molar-refractivity contribution is 0.102. The van der Waals surface area contributed by atoms with Gasteiger partial charge in [0.15, 0.2) is 16.6 Å². The van der Waals surface area contributed by atoms with Gasteiger partial charge in [-0.25, -0.2) is 4.98 Å². The van der Waals surface area contributed by atoms with Gasteiger partial charge in [-0.2, -0.15) is 0 Å². The highest BCUT2D eigenvalue weighted by atomic mass is 35.5. The standard InChI is InChI=1S/C19H17ClN2O3S/c1-11-4-5-13(8-14(11)20)18(23)22-19-21-15(10-26-19)12-6-7-16(24-2)17(9-12)25-3/h4-10H,1-3H3,(H,21,22,23). The number of benzene rings is 2. The summed E-state index contributed by atoms with van der Waals surface area (Å²) in [6.07, 6.45) is 0. The van der Waals surface area contributed by atoms with E-state index in [0.717, 1.165) is 16.8 Å². The topological polar surface area (TPSA) is 60.5 Å². The Bertz CT molecular complexity index is 956. The molecule has 0 bridgehead atoms. The average molecular weight is 389 g/mol. The van der Waals surface area contributed by atoms with Gasteiger partial charge in [0.25, 0.3) is 5.91 Å². The maximum atomic E-state index is 12.4. The number of amides is 1. The first-order valence-electron chi connectivity index (χ1n) is 7.77. The first-order valence-corrected chi connectivity index (χ1v) is 9.03. The Labute approximate surface area is 160 Å². The number of aromatic nitrogens is 1. The van der Waals surface area contributed by atoms with Gasteiger partial charge >= 0.3 is 0 Å². The van der Waals surface area contributed by atoms with Crippen molar-refractivity contribution in [3.63, 3.8) is 0 Å². The number of hydrogen-bond donors (Lipinski definition) is 1. The van der Waals surface area contributed by atoms with Crippen molar-refractivity contribution in [2.24, 2.45) is 0 Å². The van der Waals surface area contributed by atoms with Gasteiger partial charge in [0.05, 0.1) is 19.9 Å². The number of anilines is 1. The molecule has 0 aliphatic carbocycles. The number of rotatable bonds is 5. The molecule has 2 aromatic carbocycles. The maximum absolute atomic E-state index is 12.4. The van der Waals surface area contributed by atoms with Crippen LogP contribution in [0.15, 0.2) is 41.8 Å². The zero-order valence-electron chi connectivity index (χ0n) is 14.5. The number of halogens is 1. The number of ether oxygens (including phenoxy) is 2. The summed E-state index contributed by atoms with van der Waals surface area (Å²) in [6.45, 7) is 1.89. The minimum atomic E-state index is -0.250. The molecular formula is C19H17ClN2O3S. The summed E-state index contributed by atoms with van der Waals surface area (Å²) >= 11 is 7.43. The van der Waals surface area contributed by atoms with Gasteiger partial charge in [-0.3, -0.25) is 10.1 Å². The minimum Gasteiger partial charge on any atom is -0.493 e. The number of carbonyl (C=O) groups excluding carboxylic acids is 1. The van der Waals surface area contributed by atoms with Crippen molar-refractivity contribution in [2.75, 3.05) is 19.5 Å². The predicted octanol–water partition coefficient (Wildman–Crippen LogP) is 5.04. The SMILES string of the molecule is COc1ccc(-c2csc(NC(=O)c3ccc(C)c(Cl)c3)n2)cc1OC. The lowest BCUT2D eigenvalue weighted by Crippen LogP contribution is -2.11. The van der Waals surface area contributed by atoms with Crippen molar-refractivity contribution < 1.29 is 14.3 Å². The molecule has 0 atom stereocenters. The molecule has 0 radical (unpaired) electrons. The largest absolute Gasteiger partial charge is 0.493 e. The van der Waals surface area contributed by atoms with Crippen LogP contribution in [0.5, 0.6) is 11.5 Å². The molecule has 3 rings (SSSR count). The van der Waals surface area contributed by atoms with Crippen LogP contribution in [0.25, 0.3) is 11.3 Å². The molecule has 0 fully saturated rings. The third-order valence-corrected chi connectivity index (χ3v) is 5.00. The van der Waals surface area contributed by atoms with Gasteiger partial charge in [0.1, 0.15) is 0 Å². The fourth-order valence-corrected chi connectivity index (χ4v) is 3.26. The summed E-state index contributed by atoms with van der Waals surface area (Å²) in [4.78, 5) is 16.8. The number of nitrogens with one attached hydrogen (secondary N) is 1. The van der Waals surface area contributed by atoms with Crippen LogP contribution in [0, 0.1) is 6.92 Å². The molecule has 3 aromatic rings. The van der Waals surface area contributed by atoms with Crippen LogP contribution in [0.4, 0.5) is 5.13 Å². The highest BCUT2D eigenvalue weighted by Crippen LogP contribution is 2.33. The Morgan fingerprint density at radius 1 is 1.12 bits per heavy atom. The van der Waals surface area contributed by atoms with Gasteiger partial charge in [-0.05, 0) is 42.8 Å². The highest BCUT2D eigenvalue weighted by Gasteiger charge is 2.12. The molecule has 1 heterocycles. The first-order chi connectivity index (χ1) is 12.5. The van der Waals surface area contributed by atoms with E-state index in [2.05, 4.69) is 10.3 Å². The van der Waals surface area contributed by atoms with Crippen molar-refractivity contribution >= 4 is 34.0 Å². The van der Waals surface area contributed by atoms with Gasteiger partial charge in [0.2, 0.25) is 0 Å². The normalized spacial score (nSPS) is 10.5. The van der Waals surface area contributed by atoms with Gasteiger partial charge in [-0.1, -0.05) is 17.7 Å². The summed E-state index contributed by atoms with van der Waals surface area (Å²) in [7, 11) is 3.17. The van der Waals surface area contributed by atoms with E-state index in [1.54, 1.807) is 26.4 Å². The molecule has 0 saturated carbocycles. The van der Waals surface area contributed by atoms with Gasteiger partial charge < -0.3 is 9.47 Å². The van der Waals surface area contributed by atoms with E-state index in [9.17, 15) is 4.79 Å². The second-order valence-electron chi connectivity index (χ2n) is 5.53. The average Bonchev–Trinajstić information content (AvgIpc) is 3.11. The fraction of sp³-hybridized carbons (Fsp3) is 0.158. The second-order valence-corrected chi connectivity index (χ2v) is 6.79. The summed E-state index contributed by atoms with van der Waals surface area (Å²) in [5.74, 6) is 1.02. The number of nitrogens with zero attached hydrogens (tertiary/aromatic N) is 1. The van der Waals surface area contributed by atoms with Crippen LogP contribution < -0.4 is 14.8 Å².